The molecule has 100 valence electrons. The smallest absolute Gasteiger partial charge is 0.234 e. The first-order chi connectivity index (χ1) is 9.25. The molecule has 0 spiro atoms. The standard InChI is InChI=1S/C15H18N2O2/c18-13-8-12(11-6-7-16-9-11)14(15(19)17-13)10-4-2-1-3-5-10/h1-5,11-12,14,16H,6-9H2,(H,17,18,19). The number of hydrogen-bond donors (Lipinski definition) is 2. The molecule has 19 heavy (non-hydrogen) atoms. The van der Waals surface area contributed by atoms with Gasteiger partial charge in [-0.05, 0) is 36.9 Å². The lowest BCUT2D eigenvalue weighted by Gasteiger charge is -2.34. The van der Waals surface area contributed by atoms with Gasteiger partial charge in [0.05, 0.1) is 5.92 Å². The van der Waals surface area contributed by atoms with E-state index in [1.54, 1.807) is 0 Å². The SMILES string of the molecule is O=C1CC(C2CCNC2)C(c2ccccc2)C(=O)N1. The normalized spacial score (nSPS) is 31.3. The van der Waals surface area contributed by atoms with E-state index in [2.05, 4.69) is 10.6 Å². The van der Waals surface area contributed by atoms with Crippen molar-refractivity contribution in [3.8, 4) is 0 Å². The number of imide groups is 1. The topological polar surface area (TPSA) is 58.2 Å². The Morgan fingerprint density at radius 2 is 1.89 bits per heavy atom. The van der Waals surface area contributed by atoms with Crippen molar-refractivity contribution in [3.05, 3.63) is 35.9 Å². The van der Waals surface area contributed by atoms with Gasteiger partial charge in [-0.1, -0.05) is 30.3 Å². The molecule has 1 aromatic rings. The minimum Gasteiger partial charge on any atom is -0.316 e. The third-order valence-electron chi connectivity index (χ3n) is 4.26. The van der Waals surface area contributed by atoms with Crippen LogP contribution >= 0.6 is 0 Å². The van der Waals surface area contributed by atoms with E-state index >= 15 is 0 Å². The molecule has 2 aliphatic heterocycles. The van der Waals surface area contributed by atoms with Gasteiger partial charge in [0.1, 0.15) is 0 Å². The van der Waals surface area contributed by atoms with Gasteiger partial charge in [-0.25, -0.2) is 0 Å². The maximum Gasteiger partial charge on any atom is 0.234 e. The maximum atomic E-state index is 12.2. The molecule has 3 unspecified atom stereocenters. The van der Waals surface area contributed by atoms with Gasteiger partial charge in [-0.3, -0.25) is 14.9 Å². The number of benzene rings is 1. The van der Waals surface area contributed by atoms with E-state index in [0.29, 0.717) is 12.3 Å². The van der Waals surface area contributed by atoms with Gasteiger partial charge in [0.15, 0.2) is 0 Å². The molecule has 2 amide bonds. The summed E-state index contributed by atoms with van der Waals surface area (Å²) >= 11 is 0. The molecule has 0 aliphatic carbocycles. The molecule has 0 saturated carbocycles. The minimum absolute atomic E-state index is 0.124. The second-order valence-electron chi connectivity index (χ2n) is 5.42. The Hall–Kier alpha value is -1.68. The molecule has 2 heterocycles. The van der Waals surface area contributed by atoms with Gasteiger partial charge in [0, 0.05) is 6.42 Å². The van der Waals surface area contributed by atoms with Crippen LogP contribution in [-0.2, 0) is 9.59 Å². The molecule has 2 N–H and O–H groups in total. The third kappa shape index (κ3) is 2.40. The number of piperidine rings is 1. The van der Waals surface area contributed by atoms with E-state index in [1.807, 2.05) is 30.3 Å². The molecule has 2 fully saturated rings. The van der Waals surface area contributed by atoms with E-state index in [4.69, 9.17) is 0 Å². The molecule has 3 atom stereocenters. The summed E-state index contributed by atoms with van der Waals surface area (Å²) in [6.45, 7) is 1.90. The molecule has 0 bridgehead atoms. The van der Waals surface area contributed by atoms with Gasteiger partial charge in [-0.15, -0.1) is 0 Å². The van der Waals surface area contributed by atoms with Crippen molar-refractivity contribution in [2.75, 3.05) is 13.1 Å². The van der Waals surface area contributed by atoms with Crippen molar-refractivity contribution in [1.82, 2.24) is 10.6 Å². The van der Waals surface area contributed by atoms with Crippen LogP contribution in [0.3, 0.4) is 0 Å². The zero-order chi connectivity index (χ0) is 13.2. The Morgan fingerprint density at radius 1 is 1.11 bits per heavy atom. The number of rotatable bonds is 2. The zero-order valence-electron chi connectivity index (χ0n) is 10.8. The van der Waals surface area contributed by atoms with Crippen molar-refractivity contribution < 1.29 is 9.59 Å². The first kappa shape index (κ1) is 12.4. The third-order valence-corrected chi connectivity index (χ3v) is 4.26. The largest absolute Gasteiger partial charge is 0.316 e. The lowest BCUT2D eigenvalue weighted by Crippen LogP contribution is -2.46. The average Bonchev–Trinajstić information content (AvgIpc) is 2.92. The highest BCUT2D eigenvalue weighted by Crippen LogP contribution is 2.38. The van der Waals surface area contributed by atoms with E-state index in [9.17, 15) is 9.59 Å². The molecule has 1 aromatic carbocycles. The monoisotopic (exact) mass is 258 g/mol. The van der Waals surface area contributed by atoms with Gasteiger partial charge in [0.2, 0.25) is 11.8 Å². The fourth-order valence-corrected chi connectivity index (χ4v) is 3.33. The number of nitrogens with one attached hydrogen (secondary N) is 2. The van der Waals surface area contributed by atoms with Crippen LogP contribution < -0.4 is 10.6 Å². The van der Waals surface area contributed by atoms with E-state index in [1.165, 1.54) is 0 Å². The van der Waals surface area contributed by atoms with Crippen LogP contribution in [0.5, 0.6) is 0 Å². The lowest BCUT2D eigenvalue weighted by atomic mass is 9.73. The summed E-state index contributed by atoms with van der Waals surface area (Å²) in [7, 11) is 0. The number of carbonyl (C=O) groups is 2. The molecule has 2 saturated heterocycles. The Labute approximate surface area is 112 Å². The molecular weight excluding hydrogens is 240 g/mol. The first-order valence-electron chi connectivity index (χ1n) is 6.85. The first-order valence-corrected chi connectivity index (χ1v) is 6.85. The summed E-state index contributed by atoms with van der Waals surface area (Å²) in [5, 5.41) is 5.81. The molecule has 4 heteroatoms. The average molecular weight is 258 g/mol. The highest BCUT2D eigenvalue weighted by molar-refractivity contribution is 6.01. The highest BCUT2D eigenvalue weighted by atomic mass is 16.2. The van der Waals surface area contributed by atoms with Crippen LogP contribution in [0.15, 0.2) is 30.3 Å². The summed E-state index contributed by atoms with van der Waals surface area (Å²) in [6.07, 6.45) is 1.51. The quantitative estimate of drug-likeness (QED) is 0.779. The van der Waals surface area contributed by atoms with Crippen LogP contribution in [0.25, 0.3) is 0 Å². The highest BCUT2D eigenvalue weighted by Gasteiger charge is 2.41. The van der Waals surface area contributed by atoms with E-state index in [-0.39, 0.29) is 23.7 Å². The summed E-state index contributed by atoms with van der Waals surface area (Å²) in [4.78, 5) is 23.9. The fraction of sp³-hybridized carbons (Fsp3) is 0.467. The molecule has 3 rings (SSSR count). The Morgan fingerprint density at radius 3 is 2.58 bits per heavy atom. The summed E-state index contributed by atoms with van der Waals surface area (Å²) in [5.41, 5.74) is 1.02. The van der Waals surface area contributed by atoms with Crippen molar-refractivity contribution >= 4 is 11.8 Å². The molecule has 4 nitrogen and oxygen atoms in total. The predicted molar refractivity (Wildman–Crippen MR) is 71.4 cm³/mol. The van der Waals surface area contributed by atoms with Gasteiger partial charge < -0.3 is 5.32 Å². The summed E-state index contributed by atoms with van der Waals surface area (Å²) in [6, 6.07) is 9.80. The minimum atomic E-state index is -0.191. The summed E-state index contributed by atoms with van der Waals surface area (Å²) in [5.74, 6) is 0.0797. The van der Waals surface area contributed by atoms with Crippen LogP contribution in [0.1, 0.15) is 24.3 Å². The van der Waals surface area contributed by atoms with E-state index < -0.39 is 0 Å². The molecular formula is C15H18N2O2. The van der Waals surface area contributed by atoms with Crippen LogP contribution in [-0.4, -0.2) is 24.9 Å². The summed E-state index contributed by atoms with van der Waals surface area (Å²) < 4.78 is 0. The predicted octanol–water partition coefficient (Wildman–Crippen LogP) is 1.04. The Kier molecular flexibility index (Phi) is 3.34. The van der Waals surface area contributed by atoms with Crippen LogP contribution in [0, 0.1) is 11.8 Å². The molecule has 0 radical (unpaired) electrons. The maximum absolute atomic E-state index is 12.2. The second kappa shape index (κ2) is 5.13. The lowest BCUT2D eigenvalue weighted by molar-refractivity contribution is -0.137. The van der Waals surface area contributed by atoms with Crippen LogP contribution in [0.2, 0.25) is 0 Å². The number of amides is 2. The van der Waals surface area contributed by atoms with Crippen LogP contribution in [0.4, 0.5) is 0 Å². The van der Waals surface area contributed by atoms with Crippen molar-refractivity contribution in [3.63, 3.8) is 0 Å². The second-order valence-corrected chi connectivity index (χ2v) is 5.42. The zero-order valence-corrected chi connectivity index (χ0v) is 10.8. The van der Waals surface area contributed by atoms with Gasteiger partial charge >= 0.3 is 0 Å². The fourth-order valence-electron chi connectivity index (χ4n) is 3.33. The number of carbonyl (C=O) groups excluding carboxylic acids is 2. The Bertz CT molecular complexity index is 480. The van der Waals surface area contributed by atoms with Crippen molar-refractivity contribution in [2.24, 2.45) is 11.8 Å². The van der Waals surface area contributed by atoms with E-state index in [0.717, 1.165) is 25.1 Å². The molecule has 0 aromatic heterocycles. The van der Waals surface area contributed by atoms with Gasteiger partial charge in [0.25, 0.3) is 0 Å². The van der Waals surface area contributed by atoms with Gasteiger partial charge in [-0.2, -0.15) is 0 Å². The number of hydrogen-bond acceptors (Lipinski definition) is 3. The molecule has 2 aliphatic rings. The van der Waals surface area contributed by atoms with Crippen molar-refractivity contribution in [2.45, 2.75) is 18.8 Å². The van der Waals surface area contributed by atoms with Crippen molar-refractivity contribution in [1.29, 1.82) is 0 Å². The Balaban J connectivity index is 1.92.